The number of carbonyl (C=O) groups excluding carboxylic acids is 1. The lowest BCUT2D eigenvalue weighted by Crippen LogP contribution is -2.31. The van der Waals surface area contributed by atoms with Gasteiger partial charge >= 0.3 is 0 Å². The minimum absolute atomic E-state index is 0.0758. The highest BCUT2D eigenvalue weighted by Crippen LogP contribution is 2.33. The number of hydrogen-bond acceptors (Lipinski definition) is 3. The van der Waals surface area contributed by atoms with Crippen molar-refractivity contribution >= 4 is 33.4 Å². The van der Waals surface area contributed by atoms with Crippen molar-refractivity contribution in [2.75, 3.05) is 6.54 Å². The molecule has 108 valence electrons. The van der Waals surface area contributed by atoms with E-state index in [9.17, 15) is 4.79 Å². The van der Waals surface area contributed by atoms with Crippen molar-refractivity contribution in [3.8, 4) is 0 Å². The number of pyridine rings is 2. The molecule has 2 aromatic rings. The number of aromatic nitrogens is 2. The predicted molar refractivity (Wildman–Crippen MR) is 84.2 cm³/mol. The first-order valence-electron chi connectivity index (χ1n) is 6.69. The van der Waals surface area contributed by atoms with E-state index in [0.29, 0.717) is 5.56 Å². The van der Waals surface area contributed by atoms with Gasteiger partial charge in [-0.3, -0.25) is 9.78 Å². The number of rotatable bonds is 2. The standard InChI is InChI=1S/C15H13BrClN3O/c16-11-8-12(14(17)19-9-11)15(21)20-7-1-2-13(20)10-3-5-18-6-4-10/h3-6,8-9,13H,1-2,7H2. The average molecular weight is 367 g/mol. The summed E-state index contributed by atoms with van der Waals surface area (Å²) in [5.74, 6) is -0.0758. The third kappa shape index (κ3) is 2.94. The molecule has 1 amide bonds. The van der Waals surface area contributed by atoms with Crippen molar-refractivity contribution in [3.63, 3.8) is 0 Å². The molecular weight excluding hydrogens is 354 g/mol. The van der Waals surface area contributed by atoms with E-state index in [2.05, 4.69) is 25.9 Å². The van der Waals surface area contributed by atoms with E-state index >= 15 is 0 Å². The summed E-state index contributed by atoms with van der Waals surface area (Å²) in [6.45, 7) is 0.731. The Labute approximate surface area is 136 Å². The topological polar surface area (TPSA) is 46.1 Å². The van der Waals surface area contributed by atoms with Gasteiger partial charge in [-0.15, -0.1) is 0 Å². The van der Waals surface area contributed by atoms with E-state index in [1.165, 1.54) is 0 Å². The molecule has 2 aromatic heterocycles. The summed E-state index contributed by atoms with van der Waals surface area (Å²) in [5.41, 5.74) is 1.54. The van der Waals surface area contributed by atoms with E-state index in [0.717, 1.165) is 29.4 Å². The van der Waals surface area contributed by atoms with E-state index in [-0.39, 0.29) is 17.1 Å². The number of amides is 1. The molecule has 0 aliphatic carbocycles. The Hall–Kier alpha value is -1.46. The molecule has 3 rings (SSSR count). The molecule has 4 nitrogen and oxygen atoms in total. The third-order valence-electron chi connectivity index (χ3n) is 3.64. The minimum atomic E-state index is -0.0758. The first-order valence-corrected chi connectivity index (χ1v) is 7.86. The molecule has 6 heteroatoms. The lowest BCUT2D eigenvalue weighted by molar-refractivity contribution is 0.0735. The molecule has 1 unspecified atom stereocenters. The molecular formula is C15H13BrClN3O. The Bertz CT molecular complexity index is 665. The molecule has 1 atom stereocenters. The van der Waals surface area contributed by atoms with Crippen LogP contribution in [0.5, 0.6) is 0 Å². The molecule has 0 bridgehead atoms. The van der Waals surface area contributed by atoms with Gasteiger partial charge in [0.1, 0.15) is 5.15 Å². The maximum Gasteiger partial charge on any atom is 0.257 e. The van der Waals surface area contributed by atoms with Gasteiger partial charge in [-0.05, 0) is 52.5 Å². The Morgan fingerprint density at radius 2 is 2.14 bits per heavy atom. The van der Waals surface area contributed by atoms with Crippen molar-refractivity contribution in [1.29, 1.82) is 0 Å². The molecule has 0 N–H and O–H groups in total. The van der Waals surface area contributed by atoms with Gasteiger partial charge in [0, 0.05) is 29.6 Å². The predicted octanol–water partition coefficient (Wildman–Crippen LogP) is 3.87. The highest BCUT2D eigenvalue weighted by atomic mass is 79.9. The summed E-state index contributed by atoms with van der Waals surface area (Å²) in [6, 6.07) is 5.71. The van der Waals surface area contributed by atoms with Crippen LogP contribution in [0.3, 0.4) is 0 Å². The zero-order valence-electron chi connectivity index (χ0n) is 11.2. The minimum Gasteiger partial charge on any atom is -0.332 e. The average Bonchev–Trinajstić information content (AvgIpc) is 2.99. The van der Waals surface area contributed by atoms with Crippen LogP contribution < -0.4 is 0 Å². The van der Waals surface area contributed by atoms with Crippen LogP contribution in [-0.4, -0.2) is 27.3 Å². The van der Waals surface area contributed by atoms with E-state index in [1.54, 1.807) is 24.7 Å². The highest BCUT2D eigenvalue weighted by molar-refractivity contribution is 9.10. The SMILES string of the molecule is O=C(c1cc(Br)cnc1Cl)N1CCCC1c1ccncc1. The van der Waals surface area contributed by atoms with Crippen LogP contribution in [0.4, 0.5) is 0 Å². The quantitative estimate of drug-likeness (QED) is 0.758. The second-order valence-electron chi connectivity index (χ2n) is 4.93. The molecule has 1 fully saturated rings. The number of halogens is 2. The Kier molecular flexibility index (Phi) is 4.22. The molecule has 1 aliphatic heterocycles. The molecule has 3 heterocycles. The summed E-state index contributed by atoms with van der Waals surface area (Å²) >= 11 is 9.41. The van der Waals surface area contributed by atoms with Gasteiger partial charge in [0.05, 0.1) is 11.6 Å². The summed E-state index contributed by atoms with van der Waals surface area (Å²) in [7, 11) is 0. The molecule has 0 saturated carbocycles. The van der Waals surface area contributed by atoms with Crippen LogP contribution in [0.25, 0.3) is 0 Å². The van der Waals surface area contributed by atoms with Crippen molar-refractivity contribution in [2.45, 2.75) is 18.9 Å². The van der Waals surface area contributed by atoms with E-state index in [1.807, 2.05) is 17.0 Å². The Balaban J connectivity index is 1.92. The molecule has 1 saturated heterocycles. The summed E-state index contributed by atoms with van der Waals surface area (Å²) in [4.78, 5) is 22.7. The second kappa shape index (κ2) is 6.12. The smallest absolute Gasteiger partial charge is 0.257 e. The van der Waals surface area contributed by atoms with E-state index < -0.39 is 0 Å². The van der Waals surface area contributed by atoms with Crippen LogP contribution in [-0.2, 0) is 0 Å². The molecule has 0 aromatic carbocycles. The Morgan fingerprint density at radius 3 is 2.90 bits per heavy atom. The van der Waals surface area contributed by atoms with Gasteiger partial charge in [-0.25, -0.2) is 4.98 Å². The molecule has 0 radical (unpaired) electrons. The number of likely N-dealkylation sites (tertiary alicyclic amines) is 1. The van der Waals surface area contributed by atoms with Crippen molar-refractivity contribution < 1.29 is 4.79 Å². The van der Waals surface area contributed by atoms with Crippen LogP contribution in [0.15, 0.2) is 41.3 Å². The molecule has 0 spiro atoms. The van der Waals surface area contributed by atoms with Gasteiger partial charge in [0.25, 0.3) is 5.91 Å². The Morgan fingerprint density at radius 1 is 1.38 bits per heavy atom. The maximum atomic E-state index is 12.8. The summed E-state index contributed by atoms with van der Waals surface area (Å²) in [5, 5.41) is 0.239. The first kappa shape index (κ1) is 14.5. The number of nitrogens with zero attached hydrogens (tertiary/aromatic N) is 3. The normalized spacial score (nSPS) is 18.0. The van der Waals surface area contributed by atoms with Crippen molar-refractivity contribution in [3.05, 3.63) is 57.5 Å². The highest BCUT2D eigenvalue weighted by Gasteiger charge is 2.31. The van der Waals surface area contributed by atoms with Gasteiger partial charge in [0.15, 0.2) is 0 Å². The van der Waals surface area contributed by atoms with Crippen LogP contribution in [0, 0.1) is 0 Å². The second-order valence-corrected chi connectivity index (χ2v) is 6.20. The fraction of sp³-hybridized carbons (Fsp3) is 0.267. The lowest BCUT2D eigenvalue weighted by atomic mass is 10.1. The molecule has 21 heavy (non-hydrogen) atoms. The number of carbonyl (C=O) groups is 1. The molecule has 1 aliphatic rings. The fourth-order valence-corrected chi connectivity index (χ4v) is 3.18. The third-order valence-corrected chi connectivity index (χ3v) is 4.38. The maximum absolute atomic E-state index is 12.8. The first-order chi connectivity index (χ1) is 10.2. The van der Waals surface area contributed by atoms with Gasteiger partial charge in [0.2, 0.25) is 0 Å². The largest absolute Gasteiger partial charge is 0.332 e. The zero-order valence-corrected chi connectivity index (χ0v) is 13.5. The van der Waals surface area contributed by atoms with Gasteiger partial charge in [-0.2, -0.15) is 0 Å². The zero-order chi connectivity index (χ0) is 14.8. The van der Waals surface area contributed by atoms with Gasteiger partial charge < -0.3 is 4.90 Å². The van der Waals surface area contributed by atoms with E-state index in [4.69, 9.17) is 11.6 Å². The van der Waals surface area contributed by atoms with Crippen molar-refractivity contribution in [1.82, 2.24) is 14.9 Å². The summed E-state index contributed by atoms with van der Waals surface area (Å²) in [6.07, 6.45) is 7.03. The van der Waals surface area contributed by atoms with Gasteiger partial charge in [-0.1, -0.05) is 11.6 Å². The monoisotopic (exact) mass is 365 g/mol. The van der Waals surface area contributed by atoms with Crippen molar-refractivity contribution in [2.24, 2.45) is 0 Å². The lowest BCUT2D eigenvalue weighted by Gasteiger charge is -2.25. The summed E-state index contributed by atoms with van der Waals surface area (Å²) < 4.78 is 0.745. The fourth-order valence-electron chi connectivity index (χ4n) is 2.67. The van der Waals surface area contributed by atoms with Crippen LogP contribution >= 0.6 is 27.5 Å². The van der Waals surface area contributed by atoms with Crippen LogP contribution in [0.1, 0.15) is 34.8 Å². The number of hydrogen-bond donors (Lipinski definition) is 0. The van der Waals surface area contributed by atoms with Crippen LogP contribution in [0.2, 0.25) is 5.15 Å².